The largest absolute Gasteiger partial charge is 0.508 e. The minimum atomic E-state index is -0.0271. The van der Waals surface area contributed by atoms with Crippen LogP contribution in [0.3, 0.4) is 0 Å². The van der Waals surface area contributed by atoms with Gasteiger partial charge in [0.1, 0.15) is 5.75 Å². The summed E-state index contributed by atoms with van der Waals surface area (Å²) in [5.41, 5.74) is 3.33. The summed E-state index contributed by atoms with van der Waals surface area (Å²) in [5.74, 6) is 0.236. The Kier molecular flexibility index (Phi) is 5.66. The summed E-state index contributed by atoms with van der Waals surface area (Å²) in [6.07, 6.45) is 2.92. The van der Waals surface area contributed by atoms with Gasteiger partial charge in [-0.2, -0.15) is 0 Å². The smallest absolute Gasteiger partial charge is 0.317 e. The van der Waals surface area contributed by atoms with E-state index in [1.165, 1.54) is 11.3 Å². The van der Waals surface area contributed by atoms with Crippen molar-refractivity contribution in [3.05, 3.63) is 59.7 Å². The number of carbonyl (C=O) groups is 1. The SMILES string of the molecule is CN(C)c1ccc(CCNC(=O)N(Cc2cccc(O)c2)C2CC2)cc1. The molecule has 1 aliphatic carbocycles. The van der Waals surface area contributed by atoms with E-state index in [4.69, 9.17) is 0 Å². The van der Waals surface area contributed by atoms with E-state index < -0.39 is 0 Å². The van der Waals surface area contributed by atoms with Crippen molar-refractivity contribution in [1.29, 1.82) is 0 Å². The first-order chi connectivity index (χ1) is 12.5. The van der Waals surface area contributed by atoms with Crippen molar-refractivity contribution in [3.8, 4) is 5.75 Å². The van der Waals surface area contributed by atoms with Crippen molar-refractivity contribution in [2.45, 2.75) is 31.8 Å². The third kappa shape index (κ3) is 4.91. The molecule has 138 valence electrons. The van der Waals surface area contributed by atoms with E-state index in [0.717, 1.165) is 24.8 Å². The molecule has 0 atom stereocenters. The molecule has 26 heavy (non-hydrogen) atoms. The highest BCUT2D eigenvalue weighted by Gasteiger charge is 2.32. The normalized spacial score (nSPS) is 13.3. The Morgan fingerprint density at radius 1 is 1.12 bits per heavy atom. The molecule has 0 bridgehead atoms. The number of aromatic hydroxyl groups is 1. The van der Waals surface area contributed by atoms with Crippen molar-refractivity contribution in [2.24, 2.45) is 0 Å². The maximum Gasteiger partial charge on any atom is 0.317 e. The van der Waals surface area contributed by atoms with Gasteiger partial charge in [0.15, 0.2) is 0 Å². The Morgan fingerprint density at radius 3 is 2.46 bits per heavy atom. The van der Waals surface area contributed by atoms with Gasteiger partial charge in [-0.05, 0) is 54.7 Å². The summed E-state index contributed by atoms with van der Waals surface area (Å²) in [7, 11) is 4.04. The van der Waals surface area contributed by atoms with E-state index >= 15 is 0 Å². The van der Waals surface area contributed by atoms with Crippen molar-refractivity contribution < 1.29 is 9.90 Å². The van der Waals surface area contributed by atoms with Gasteiger partial charge >= 0.3 is 6.03 Å². The number of hydrogen-bond acceptors (Lipinski definition) is 3. The second-order valence-corrected chi connectivity index (χ2v) is 7.07. The summed E-state index contributed by atoms with van der Waals surface area (Å²) >= 11 is 0. The number of hydrogen-bond donors (Lipinski definition) is 2. The number of amides is 2. The predicted octanol–water partition coefficient (Wildman–Crippen LogP) is 3.37. The lowest BCUT2D eigenvalue weighted by molar-refractivity contribution is 0.192. The zero-order valence-electron chi connectivity index (χ0n) is 15.5. The van der Waals surface area contributed by atoms with Crippen molar-refractivity contribution in [2.75, 3.05) is 25.5 Å². The van der Waals surface area contributed by atoms with Crippen LogP contribution < -0.4 is 10.2 Å². The molecule has 0 aliphatic heterocycles. The zero-order valence-corrected chi connectivity index (χ0v) is 15.5. The van der Waals surface area contributed by atoms with E-state index in [9.17, 15) is 9.90 Å². The number of urea groups is 1. The molecule has 2 amide bonds. The maximum absolute atomic E-state index is 12.6. The van der Waals surface area contributed by atoms with Crippen LogP contribution in [-0.2, 0) is 13.0 Å². The number of carbonyl (C=O) groups excluding carboxylic acids is 1. The molecule has 2 aromatic carbocycles. The molecule has 0 heterocycles. The second-order valence-electron chi connectivity index (χ2n) is 7.07. The first-order valence-corrected chi connectivity index (χ1v) is 9.11. The van der Waals surface area contributed by atoms with Crippen LogP contribution in [0.5, 0.6) is 5.75 Å². The average molecular weight is 353 g/mol. The summed E-state index contributed by atoms with van der Waals surface area (Å²) in [4.78, 5) is 16.5. The topological polar surface area (TPSA) is 55.8 Å². The maximum atomic E-state index is 12.6. The number of anilines is 1. The Hall–Kier alpha value is -2.69. The predicted molar refractivity (Wildman–Crippen MR) is 105 cm³/mol. The van der Waals surface area contributed by atoms with Gasteiger partial charge in [-0.1, -0.05) is 24.3 Å². The molecule has 5 nitrogen and oxygen atoms in total. The first kappa shape index (κ1) is 18.1. The summed E-state index contributed by atoms with van der Waals surface area (Å²) < 4.78 is 0. The Morgan fingerprint density at radius 2 is 1.85 bits per heavy atom. The van der Waals surface area contributed by atoms with Crippen LogP contribution in [-0.4, -0.2) is 42.7 Å². The highest BCUT2D eigenvalue weighted by Crippen LogP contribution is 2.28. The lowest BCUT2D eigenvalue weighted by Gasteiger charge is -2.23. The van der Waals surface area contributed by atoms with Gasteiger partial charge in [0.05, 0.1) is 0 Å². The number of nitrogens with one attached hydrogen (secondary N) is 1. The third-order valence-corrected chi connectivity index (χ3v) is 4.65. The molecule has 0 spiro atoms. The minimum absolute atomic E-state index is 0.0271. The Balaban J connectivity index is 1.52. The van der Waals surface area contributed by atoms with Crippen LogP contribution in [0.2, 0.25) is 0 Å². The standard InChI is InChI=1S/C21H27N3O2/c1-23(2)18-8-6-16(7-9-18)12-13-22-21(26)24(19-10-11-19)15-17-4-3-5-20(25)14-17/h3-9,14,19,25H,10-13,15H2,1-2H3,(H,22,26). The molecule has 5 heteroatoms. The summed E-state index contributed by atoms with van der Waals surface area (Å²) in [5, 5.41) is 12.7. The van der Waals surface area contributed by atoms with Crippen molar-refractivity contribution in [1.82, 2.24) is 10.2 Å². The minimum Gasteiger partial charge on any atom is -0.508 e. The molecule has 0 radical (unpaired) electrons. The molecular weight excluding hydrogens is 326 g/mol. The van der Waals surface area contributed by atoms with Gasteiger partial charge in [-0.15, -0.1) is 0 Å². The molecule has 0 unspecified atom stereocenters. The van der Waals surface area contributed by atoms with Gasteiger partial charge in [0, 0.05) is 38.9 Å². The number of nitrogens with zero attached hydrogens (tertiary/aromatic N) is 2. The van der Waals surface area contributed by atoms with Crippen LogP contribution >= 0.6 is 0 Å². The monoisotopic (exact) mass is 353 g/mol. The van der Waals surface area contributed by atoms with Gasteiger partial charge in [-0.25, -0.2) is 4.79 Å². The molecule has 2 N–H and O–H groups in total. The molecule has 1 aliphatic rings. The Labute approximate surface area is 155 Å². The second kappa shape index (κ2) is 8.13. The third-order valence-electron chi connectivity index (χ3n) is 4.65. The van der Waals surface area contributed by atoms with Gasteiger partial charge in [0.25, 0.3) is 0 Å². The van der Waals surface area contributed by atoms with Crippen LogP contribution in [0.25, 0.3) is 0 Å². The van der Waals surface area contributed by atoms with E-state index in [2.05, 4.69) is 34.5 Å². The lowest BCUT2D eigenvalue weighted by Crippen LogP contribution is -2.41. The van der Waals surface area contributed by atoms with Crippen LogP contribution in [0.1, 0.15) is 24.0 Å². The Bertz CT molecular complexity index is 739. The molecule has 2 aromatic rings. The highest BCUT2D eigenvalue weighted by atomic mass is 16.3. The van der Waals surface area contributed by atoms with Crippen LogP contribution in [0.15, 0.2) is 48.5 Å². The van der Waals surface area contributed by atoms with Crippen molar-refractivity contribution >= 4 is 11.7 Å². The molecular formula is C21H27N3O2. The van der Waals surface area contributed by atoms with Crippen molar-refractivity contribution in [3.63, 3.8) is 0 Å². The van der Waals surface area contributed by atoms with Gasteiger partial charge < -0.3 is 20.2 Å². The molecule has 1 fully saturated rings. The van der Waals surface area contributed by atoms with Crippen LogP contribution in [0.4, 0.5) is 10.5 Å². The molecule has 3 rings (SSSR count). The number of phenols is 1. The number of benzene rings is 2. The fourth-order valence-electron chi connectivity index (χ4n) is 2.98. The quantitative estimate of drug-likeness (QED) is 0.802. The van der Waals surface area contributed by atoms with Gasteiger partial charge in [0.2, 0.25) is 0 Å². The summed E-state index contributed by atoms with van der Waals surface area (Å²) in [6, 6.07) is 15.8. The van der Waals surface area contributed by atoms with E-state index in [0.29, 0.717) is 19.1 Å². The average Bonchev–Trinajstić information content (AvgIpc) is 3.45. The number of phenolic OH excluding ortho intramolecular Hbond substituents is 1. The molecule has 0 saturated heterocycles. The lowest BCUT2D eigenvalue weighted by atomic mass is 10.1. The first-order valence-electron chi connectivity index (χ1n) is 9.11. The molecule has 0 aromatic heterocycles. The fraction of sp³-hybridized carbons (Fsp3) is 0.381. The zero-order chi connectivity index (χ0) is 18.5. The summed E-state index contributed by atoms with van der Waals surface area (Å²) in [6.45, 7) is 1.14. The molecule has 1 saturated carbocycles. The number of rotatable bonds is 7. The van der Waals surface area contributed by atoms with E-state index in [-0.39, 0.29) is 11.8 Å². The highest BCUT2D eigenvalue weighted by molar-refractivity contribution is 5.75. The van der Waals surface area contributed by atoms with Gasteiger partial charge in [-0.3, -0.25) is 0 Å². The van der Waals surface area contributed by atoms with E-state index in [1.807, 2.05) is 31.1 Å². The van der Waals surface area contributed by atoms with Crippen LogP contribution in [0, 0.1) is 0 Å². The van der Waals surface area contributed by atoms with E-state index in [1.54, 1.807) is 12.1 Å². The fourth-order valence-corrected chi connectivity index (χ4v) is 2.98.